The van der Waals surface area contributed by atoms with E-state index >= 15 is 0 Å². The van der Waals surface area contributed by atoms with E-state index in [-0.39, 0.29) is 35.9 Å². The second-order valence-corrected chi connectivity index (χ2v) is 10.1. The van der Waals surface area contributed by atoms with Crippen molar-refractivity contribution in [2.24, 2.45) is 0 Å². The first kappa shape index (κ1) is 22.3. The van der Waals surface area contributed by atoms with Crippen molar-refractivity contribution in [3.63, 3.8) is 0 Å². The largest absolute Gasteiger partial charge is 0.419 e. The van der Waals surface area contributed by atoms with E-state index in [2.05, 4.69) is 5.32 Å². The molecule has 0 bridgehead atoms. The smallest absolute Gasteiger partial charge is 0.408 e. The number of piperidine rings is 1. The molecule has 1 aliphatic rings. The van der Waals surface area contributed by atoms with E-state index in [9.17, 15) is 18.0 Å². The minimum atomic E-state index is -3.60. The summed E-state index contributed by atoms with van der Waals surface area (Å²) in [5, 5.41) is 2.75. The van der Waals surface area contributed by atoms with Crippen molar-refractivity contribution in [1.82, 2.24) is 8.87 Å². The number of nitrogens with one attached hydrogen (secondary N) is 1. The van der Waals surface area contributed by atoms with Gasteiger partial charge in [-0.1, -0.05) is 18.6 Å². The highest BCUT2D eigenvalue weighted by atomic mass is 32.2. The number of para-hydroxylation sites is 2. The van der Waals surface area contributed by atoms with Crippen LogP contribution in [0.15, 0.2) is 62.6 Å². The summed E-state index contributed by atoms with van der Waals surface area (Å²) in [6.45, 7) is 4.06. The van der Waals surface area contributed by atoms with E-state index in [1.165, 1.54) is 16.7 Å². The molecule has 0 radical (unpaired) electrons. The molecule has 0 saturated carbocycles. The summed E-state index contributed by atoms with van der Waals surface area (Å²) in [6, 6.07) is 13.2. The Bertz CT molecular complexity index is 1270. The molecular formula is C23H27N3O5S. The number of aryl methyl sites for hydroxylation is 1. The maximum atomic E-state index is 13.1. The van der Waals surface area contributed by atoms with Gasteiger partial charge in [0.15, 0.2) is 5.58 Å². The molecule has 1 amide bonds. The van der Waals surface area contributed by atoms with Crippen molar-refractivity contribution in [2.75, 3.05) is 5.32 Å². The van der Waals surface area contributed by atoms with Crippen LogP contribution in [0, 0.1) is 0 Å². The fraction of sp³-hybridized carbons (Fsp3) is 0.391. The Balaban J connectivity index is 1.41. The molecule has 3 aromatic rings. The van der Waals surface area contributed by atoms with Crippen LogP contribution in [0.25, 0.3) is 11.1 Å². The fourth-order valence-corrected chi connectivity index (χ4v) is 6.25. The van der Waals surface area contributed by atoms with Gasteiger partial charge < -0.3 is 9.73 Å². The van der Waals surface area contributed by atoms with Gasteiger partial charge in [0.05, 0.1) is 10.4 Å². The van der Waals surface area contributed by atoms with Crippen LogP contribution >= 0.6 is 0 Å². The molecule has 2 atom stereocenters. The fourth-order valence-electron chi connectivity index (χ4n) is 4.37. The predicted octanol–water partition coefficient (Wildman–Crippen LogP) is 3.57. The number of benzene rings is 2. The van der Waals surface area contributed by atoms with Crippen molar-refractivity contribution in [2.45, 2.75) is 63.1 Å². The zero-order chi connectivity index (χ0) is 22.9. The summed E-state index contributed by atoms with van der Waals surface area (Å²) in [7, 11) is -3.60. The maximum absolute atomic E-state index is 13.1. The first-order valence-electron chi connectivity index (χ1n) is 10.8. The Labute approximate surface area is 186 Å². The Kier molecular flexibility index (Phi) is 6.21. The van der Waals surface area contributed by atoms with Gasteiger partial charge in [-0.05, 0) is 63.1 Å². The van der Waals surface area contributed by atoms with Gasteiger partial charge in [0, 0.05) is 30.7 Å². The predicted molar refractivity (Wildman–Crippen MR) is 122 cm³/mol. The number of nitrogens with zero attached hydrogens (tertiary/aromatic N) is 2. The minimum absolute atomic E-state index is 0.0365. The number of hydrogen-bond acceptors (Lipinski definition) is 5. The maximum Gasteiger partial charge on any atom is 0.419 e. The van der Waals surface area contributed by atoms with Gasteiger partial charge in [-0.2, -0.15) is 4.31 Å². The number of oxazole rings is 1. The topological polar surface area (TPSA) is 102 Å². The van der Waals surface area contributed by atoms with Crippen molar-refractivity contribution < 1.29 is 17.6 Å². The third-order valence-corrected chi connectivity index (χ3v) is 8.11. The Morgan fingerprint density at radius 1 is 1.06 bits per heavy atom. The second kappa shape index (κ2) is 8.91. The molecule has 4 rings (SSSR count). The number of rotatable bonds is 6. The van der Waals surface area contributed by atoms with E-state index in [1.807, 2.05) is 13.8 Å². The lowest BCUT2D eigenvalue weighted by atomic mass is 10.0. The number of hydrogen-bond donors (Lipinski definition) is 1. The highest BCUT2D eigenvalue weighted by Crippen LogP contribution is 2.30. The number of amides is 1. The van der Waals surface area contributed by atoms with Crippen LogP contribution in [0.3, 0.4) is 0 Å². The first-order valence-corrected chi connectivity index (χ1v) is 12.2. The SMILES string of the molecule is C[C@@H]1CCC[C@H](C)N1S(=O)(=O)c1ccc(NC(=O)CCn2c(=O)oc3ccccc32)cc1. The minimum Gasteiger partial charge on any atom is -0.408 e. The van der Waals surface area contributed by atoms with Gasteiger partial charge in [0.1, 0.15) is 0 Å². The summed E-state index contributed by atoms with van der Waals surface area (Å²) in [4.78, 5) is 24.6. The molecule has 1 N–H and O–H groups in total. The zero-order valence-electron chi connectivity index (χ0n) is 18.2. The van der Waals surface area contributed by atoms with Gasteiger partial charge in [0.2, 0.25) is 15.9 Å². The monoisotopic (exact) mass is 457 g/mol. The van der Waals surface area contributed by atoms with Crippen LogP contribution in [-0.2, 0) is 21.4 Å². The molecule has 2 heterocycles. The lowest BCUT2D eigenvalue weighted by Crippen LogP contribution is -2.47. The van der Waals surface area contributed by atoms with Crippen molar-refractivity contribution in [1.29, 1.82) is 0 Å². The molecule has 1 aliphatic heterocycles. The Hall–Kier alpha value is -2.91. The molecule has 1 fully saturated rings. The van der Waals surface area contributed by atoms with Crippen LogP contribution in [-0.4, -0.2) is 35.3 Å². The summed E-state index contributed by atoms with van der Waals surface area (Å²) >= 11 is 0. The van der Waals surface area contributed by atoms with Crippen LogP contribution in [0.5, 0.6) is 0 Å². The van der Waals surface area contributed by atoms with Crippen molar-refractivity contribution in [3.05, 3.63) is 59.1 Å². The van der Waals surface area contributed by atoms with Crippen LogP contribution in [0.4, 0.5) is 5.69 Å². The summed E-state index contributed by atoms with van der Waals surface area (Å²) in [6.07, 6.45) is 2.81. The molecule has 32 heavy (non-hydrogen) atoms. The van der Waals surface area contributed by atoms with Gasteiger partial charge >= 0.3 is 5.76 Å². The van der Waals surface area contributed by atoms with Crippen LogP contribution in [0.1, 0.15) is 39.5 Å². The molecule has 0 spiro atoms. The number of aromatic nitrogens is 1. The molecule has 1 saturated heterocycles. The van der Waals surface area contributed by atoms with E-state index < -0.39 is 15.8 Å². The van der Waals surface area contributed by atoms with Crippen molar-refractivity contribution in [3.8, 4) is 0 Å². The highest BCUT2D eigenvalue weighted by molar-refractivity contribution is 7.89. The lowest BCUT2D eigenvalue weighted by Gasteiger charge is -2.37. The third-order valence-electron chi connectivity index (χ3n) is 5.96. The molecule has 2 aromatic carbocycles. The average molecular weight is 458 g/mol. The number of fused-ring (bicyclic) bond motifs is 1. The molecule has 0 unspecified atom stereocenters. The summed E-state index contributed by atoms with van der Waals surface area (Å²) < 4.78 is 34.4. The standard InChI is InChI=1S/C23H27N3O5S/c1-16-6-5-7-17(2)26(16)32(29,30)19-12-10-18(11-13-19)24-22(27)14-15-25-20-8-3-4-9-21(20)31-23(25)28/h3-4,8-13,16-17H,5-7,14-15H2,1-2H3,(H,24,27)/t16-,17+. The molecular weight excluding hydrogens is 430 g/mol. The van der Waals surface area contributed by atoms with E-state index in [4.69, 9.17) is 4.42 Å². The molecule has 8 nitrogen and oxygen atoms in total. The summed E-state index contributed by atoms with van der Waals surface area (Å²) in [5.74, 6) is -0.786. The third kappa shape index (κ3) is 4.35. The highest BCUT2D eigenvalue weighted by Gasteiger charge is 2.35. The molecule has 9 heteroatoms. The average Bonchev–Trinajstić information content (AvgIpc) is 3.07. The number of carbonyl (C=O) groups excluding carboxylic acids is 1. The Morgan fingerprint density at radius 3 is 2.41 bits per heavy atom. The second-order valence-electron chi connectivity index (χ2n) is 8.27. The van der Waals surface area contributed by atoms with Gasteiger partial charge in [0.25, 0.3) is 0 Å². The first-order chi connectivity index (χ1) is 15.3. The van der Waals surface area contributed by atoms with Crippen LogP contribution < -0.4 is 11.1 Å². The van der Waals surface area contributed by atoms with E-state index in [0.717, 1.165) is 19.3 Å². The number of sulfonamides is 1. The zero-order valence-corrected chi connectivity index (χ0v) is 19.0. The van der Waals surface area contributed by atoms with E-state index in [1.54, 1.807) is 40.7 Å². The molecule has 0 aliphatic carbocycles. The van der Waals surface area contributed by atoms with Crippen LogP contribution in [0.2, 0.25) is 0 Å². The van der Waals surface area contributed by atoms with Gasteiger partial charge in [-0.15, -0.1) is 0 Å². The normalized spacial score (nSPS) is 19.8. The number of carbonyl (C=O) groups is 1. The van der Waals surface area contributed by atoms with Gasteiger partial charge in [-0.25, -0.2) is 13.2 Å². The summed E-state index contributed by atoms with van der Waals surface area (Å²) in [5.41, 5.74) is 1.62. The number of anilines is 1. The van der Waals surface area contributed by atoms with Gasteiger partial charge in [-0.3, -0.25) is 9.36 Å². The van der Waals surface area contributed by atoms with E-state index in [0.29, 0.717) is 16.8 Å². The van der Waals surface area contributed by atoms with Crippen molar-refractivity contribution >= 4 is 32.7 Å². The molecule has 1 aromatic heterocycles. The Morgan fingerprint density at radius 2 is 1.72 bits per heavy atom. The quantitative estimate of drug-likeness (QED) is 0.610. The lowest BCUT2D eigenvalue weighted by molar-refractivity contribution is -0.116. The molecule has 170 valence electrons.